The predicted octanol–water partition coefficient (Wildman–Crippen LogP) is 4.20. The molecule has 0 radical (unpaired) electrons. The van der Waals surface area contributed by atoms with Crippen molar-refractivity contribution in [3.8, 4) is 0 Å². The van der Waals surface area contributed by atoms with E-state index in [9.17, 15) is 9.18 Å². The van der Waals surface area contributed by atoms with Crippen LogP contribution in [0.1, 0.15) is 16.1 Å². The van der Waals surface area contributed by atoms with E-state index in [-0.39, 0.29) is 10.4 Å². The molecule has 0 atom stereocenters. The molecule has 2 rings (SSSR count). The molecular formula is C13H9BrClFN2O. The topological polar surface area (TPSA) is 42.0 Å². The molecule has 3 nitrogen and oxygen atoms in total. The molecular weight excluding hydrogens is 335 g/mol. The van der Waals surface area contributed by atoms with Crippen LogP contribution < -0.4 is 5.32 Å². The number of hydrogen-bond acceptors (Lipinski definition) is 2. The first-order valence-electron chi connectivity index (χ1n) is 5.37. The van der Waals surface area contributed by atoms with Gasteiger partial charge in [-0.2, -0.15) is 0 Å². The summed E-state index contributed by atoms with van der Waals surface area (Å²) < 4.78 is 13.3. The molecule has 1 aromatic heterocycles. The Hall–Kier alpha value is -1.46. The highest BCUT2D eigenvalue weighted by molar-refractivity contribution is 9.10. The average Bonchev–Trinajstić information content (AvgIpc) is 2.36. The van der Waals surface area contributed by atoms with Gasteiger partial charge in [-0.15, -0.1) is 0 Å². The molecule has 1 heterocycles. The largest absolute Gasteiger partial charge is 0.320 e. The first kappa shape index (κ1) is 14.0. The lowest BCUT2D eigenvalue weighted by Gasteiger charge is -2.08. The summed E-state index contributed by atoms with van der Waals surface area (Å²) in [4.78, 5) is 16.0. The van der Waals surface area contributed by atoms with E-state index < -0.39 is 5.82 Å². The van der Waals surface area contributed by atoms with Crippen molar-refractivity contribution >= 4 is 39.1 Å². The molecule has 1 aromatic carbocycles. The zero-order chi connectivity index (χ0) is 14.0. The third-order valence-corrected chi connectivity index (χ3v) is 3.30. The summed E-state index contributed by atoms with van der Waals surface area (Å²) in [5.41, 5.74) is 1.53. The molecule has 0 spiro atoms. The van der Waals surface area contributed by atoms with Gasteiger partial charge in [0.05, 0.1) is 15.9 Å². The summed E-state index contributed by atoms with van der Waals surface area (Å²) in [6.45, 7) is 1.74. The molecule has 0 aliphatic heterocycles. The highest BCUT2D eigenvalue weighted by atomic mass is 79.9. The Balaban J connectivity index is 2.23. The number of aromatic nitrogens is 1. The SMILES string of the molecule is Cc1nc(Cl)ccc1NC(=O)c1ccc(F)c(Br)c1. The van der Waals surface area contributed by atoms with Crippen LogP contribution in [0.3, 0.4) is 0 Å². The van der Waals surface area contributed by atoms with Crippen LogP contribution in [0.15, 0.2) is 34.8 Å². The molecule has 0 saturated carbocycles. The number of nitrogens with one attached hydrogen (secondary N) is 1. The summed E-state index contributed by atoms with van der Waals surface area (Å²) in [6.07, 6.45) is 0. The Labute approximate surface area is 122 Å². The standard InChI is InChI=1S/C13H9BrClFN2O/c1-7-11(4-5-12(15)17-7)18-13(19)8-2-3-10(16)9(14)6-8/h2-6H,1H3,(H,18,19). The molecule has 0 fully saturated rings. The maximum atomic E-state index is 13.1. The lowest BCUT2D eigenvalue weighted by Crippen LogP contribution is -2.13. The number of halogens is 3. The smallest absolute Gasteiger partial charge is 0.255 e. The van der Waals surface area contributed by atoms with E-state index in [2.05, 4.69) is 26.2 Å². The molecule has 0 unspecified atom stereocenters. The summed E-state index contributed by atoms with van der Waals surface area (Å²) in [7, 11) is 0. The number of carbonyl (C=O) groups excluding carboxylic acids is 1. The normalized spacial score (nSPS) is 10.3. The van der Waals surface area contributed by atoms with E-state index in [4.69, 9.17) is 11.6 Å². The molecule has 1 amide bonds. The van der Waals surface area contributed by atoms with Gasteiger partial charge in [-0.1, -0.05) is 11.6 Å². The first-order valence-corrected chi connectivity index (χ1v) is 6.54. The molecule has 0 saturated heterocycles. The van der Waals surface area contributed by atoms with Crippen LogP contribution in [-0.4, -0.2) is 10.9 Å². The number of aryl methyl sites for hydroxylation is 1. The Kier molecular flexibility index (Phi) is 4.17. The maximum Gasteiger partial charge on any atom is 0.255 e. The molecule has 6 heteroatoms. The number of rotatable bonds is 2. The summed E-state index contributed by atoms with van der Waals surface area (Å²) in [5, 5.41) is 3.06. The van der Waals surface area contributed by atoms with E-state index in [0.29, 0.717) is 22.1 Å². The zero-order valence-electron chi connectivity index (χ0n) is 9.88. The molecule has 0 aliphatic carbocycles. The van der Waals surface area contributed by atoms with Gasteiger partial charge < -0.3 is 5.32 Å². The first-order chi connectivity index (χ1) is 8.97. The number of anilines is 1. The number of carbonyl (C=O) groups is 1. The van der Waals surface area contributed by atoms with Crippen molar-refractivity contribution in [3.63, 3.8) is 0 Å². The van der Waals surface area contributed by atoms with Gasteiger partial charge in [0.25, 0.3) is 5.91 Å². The second-order valence-electron chi connectivity index (χ2n) is 3.85. The summed E-state index contributed by atoms with van der Waals surface area (Å²) >= 11 is 8.78. The molecule has 2 aromatic rings. The summed E-state index contributed by atoms with van der Waals surface area (Å²) in [5.74, 6) is -0.756. The van der Waals surface area contributed by atoms with Gasteiger partial charge in [0, 0.05) is 5.56 Å². The Morgan fingerprint density at radius 3 is 2.74 bits per heavy atom. The number of benzene rings is 1. The minimum absolute atomic E-state index is 0.242. The van der Waals surface area contributed by atoms with Gasteiger partial charge in [0.1, 0.15) is 11.0 Å². The van der Waals surface area contributed by atoms with Gasteiger partial charge in [0.2, 0.25) is 0 Å². The Morgan fingerprint density at radius 2 is 2.11 bits per heavy atom. The van der Waals surface area contributed by atoms with E-state index in [1.165, 1.54) is 18.2 Å². The second kappa shape index (κ2) is 5.67. The van der Waals surface area contributed by atoms with Crippen LogP contribution in [0.25, 0.3) is 0 Å². The number of amides is 1. The zero-order valence-corrected chi connectivity index (χ0v) is 12.2. The molecule has 19 heavy (non-hydrogen) atoms. The Bertz CT molecular complexity index is 649. The van der Waals surface area contributed by atoms with Crippen molar-refractivity contribution < 1.29 is 9.18 Å². The number of hydrogen-bond donors (Lipinski definition) is 1. The van der Waals surface area contributed by atoms with Crippen LogP contribution in [0.5, 0.6) is 0 Å². The number of nitrogens with zero attached hydrogens (tertiary/aromatic N) is 1. The fourth-order valence-corrected chi connectivity index (χ4v) is 2.06. The second-order valence-corrected chi connectivity index (χ2v) is 5.09. The molecule has 0 bridgehead atoms. The highest BCUT2D eigenvalue weighted by Crippen LogP contribution is 2.19. The lowest BCUT2D eigenvalue weighted by atomic mass is 10.2. The fraction of sp³-hybridized carbons (Fsp3) is 0.0769. The third kappa shape index (κ3) is 3.30. The fourth-order valence-electron chi connectivity index (χ4n) is 1.49. The number of pyridine rings is 1. The van der Waals surface area contributed by atoms with Crippen molar-refractivity contribution in [2.45, 2.75) is 6.92 Å². The average molecular weight is 344 g/mol. The van der Waals surface area contributed by atoms with Gasteiger partial charge >= 0.3 is 0 Å². The predicted molar refractivity (Wildman–Crippen MR) is 76.0 cm³/mol. The van der Waals surface area contributed by atoms with E-state index in [1.807, 2.05) is 0 Å². The van der Waals surface area contributed by atoms with Crippen LogP contribution >= 0.6 is 27.5 Å². The van der Waals surface area contributed by atoms with Gasteiger partial charge in [-0.3, -0.25) is 4.79 Å². The quantitative estimate of drug-likeness (QED) is 0.831. The monoisotopic (exact) mass is 342 g/mol. The van der Waals surface area contributed by atoms with Crippen molar-refractivity contribution in [2.24, 2.45) is 0 Å². The van der Waals surface area contributed by atoms with Gasteiger partial charge in [-0.05, 0) is 53.2 Å². The third-order valence-electron chi connectivity index (χ3n) is 2.48. The highest BCUT2D eigenvalue weighted by Gasteiger charge is 2.10. The van der Waals surface area contributed by atoms with Crippen LogP contribution in [-0.2, 0) is 0 Å². The van der Waals surface area contributed by atoms with Gasteiger partial charge in [-0.25, -0.2) is 9.37 Å². The molecule has 0 aliphatic rings. The minimum atomic E-state index is -0.416. The van der Waals surface area contributed by atoms with E-state index in [0.717, 1.165) is 0 Å². The van der Waals surface area contributed by atoms with Crippen LogP contribution in [0, 0.1) is 12.7 Å². The van der Waals surface area contributed by atoms with Crippen LogP contribution in [0.2, 0.25) is 5.15 Å². The van der Waals surface area contributed by atoms with Crippen molar-refractivity contribution in [2.75, 3.05) is 5.32 Å². The maximum absolute atomic E-state index is 13.1. The van der Waals surface area contributed by atoms with Crippen molar-refractivity contribution in [3.05, 3.63) is 57.0 Å². The minimum Gasteiger partial charge on any atom is -0.320 e. The van der Waals surface area contributed by atoms with Crippen molar-refractivity contribution in [1.82, 2.24) is 4.98 Å². The van der Waals surface area contributed by atoms with E-state index in [1.54, 1.807) is 19.1 Å². The van der Waals surface area contributed by atoms with Gasteiger partial charge in [0.15, 0.2) is 0 Å². The lowest BCUT2D eigenvalue weighted by molar-refractivity contribution is 0.102. The Morgan fingerprint density at radius 1 is 1.37 bits per heavy atom. The summed E-state index contributed by atoms with van der Waals surface area (Å²) in [6, 6.07) is 7.31. The van der Waals surface area contributed by atoms with Crippen LogP contribution in [0.4, 0.5) is 10.1 Å². The van der Waals surface area contributed by atoms with Crippen molar-refractivity contribution in [1.29, 1.82) is 0 Å². The molecule has 98 valence electrons. The van der Waals surface area contributed by atoms with E-state index >= 15 is 0 Å². The molecule has 1 N–H and O–H groups in total.